The predicted molar refractivity (Wildman–Crippen MR) is 139 cm³/mol. The normalized spacial score (nSPS) is 12.0. The van der Waals surface area contributed by atoms with E-state index in [4.69, 9.17) is 32.9 Å². The number of carbonyl (C=O) groups excluding carboxylic acids is 1. The Bertz CT molecular complexity index is 1590. The summed E-state index contributed by atoms with van der Waals surface area (Å²) >= 11 is 14.2. The maximum absolute atomic E-state index is 13.6. The minimum atomic E-state index is -0.351. The Balaban J connectivity index is 1.71. The van der Waals surface area contributed by atoms with Gasteiger partial charge in [-0.2, -0.15) is 4.99 Å². The van der Waals surface area contributed by atoms with Gasteiger partial charge in [0.1, 0.15) is 0 Å². The number of aromatic nitrogens is 2. The van der Waals surface area contributed by atoms with Crippen LogP contribution in [0.2, 0.25) is 10.0 Å². The summed E-state index contributed by atoms with van der Waals surface area (Å²) in [5.41, 5.74) is 3.62. The van der Waals surface area contributed by atoms with Crippen LogP contribution in [0.25, 0.3) is 32.4 Å². The van der Waals surface area contributed by atoms with Gasteiger partial charge in [-0.1, -0.05) is 83.1 Å². The molecule has 8 heteroatoms. The fraction of sp³-hybridized carbons (Fsp3) is 0.115. The van der Waals surface area contributed by atoms with Crippen molar-refractivity contribution >= 4 is 61.6 Å². The van der Waals surface area contributed by atoms with Crippen LogP contribution in [0.3, 0.4) is 0 Å². The van der Waals surface area contributed by atoms with Crippen LogP contribution < -0.4 is 4.80 Å². The van der Waals surface area contributed by atoms with Crippen molar-refractivity contribution in [2.45, 2.75) is 6.54 Å². The molecule has 0 spiro atoms. The van der Waals surface area contributed by atoms with Crippen molar-refractivity contribution < 1.29 is 9.53 Å². The number of pyridine rings is 1. The molecule has 0 aliphatic heterocycles. The van der Waals surface area contributed by atoms with Crippen LogP contribution in [0.5, 0.6) is 0 Å². The molecule has 0 bridgehead atoms. The lowest BCUT2D eigenvalue weighted by molar-refractivity contribution is 0.0999. The fourth-order valence-electron chi connectivity index (χ4n) is 3.83. The van der Waals surface area contributed by atoms with E-state index in [2.05, 4.69) is 4.99 Å². The molecular weight excluding hydrogens is 489 g/mol. The van der Waals surface area contributed by atoms with E-state index in [0.29, 0.717) is 33.6 Å². The first-order valence-electron chi connectivity index (χ1n) is 10.6. The summed E-state index contributed by atoms with van der Waals surface area (Å²) < 4.78 is 8.05. The number of benzene rings is 3. The number of methoxy groups -OCH3 is 1. The first kappa shape index (κ1) is 22.7. The molecule has 0 fully saturated rings. The Morgan fingerprint density at radius 1 is 1.06 bits per heavy atom. The number of fused-ring (bicyclic) bond motifs is 2. The number of nitrogens with zero attached hydrogens (tertiary/aromatic N) is 3. The highest BCUT2D eigenvalue weighted by Gasteiger charge is 2.16. The average molecular weight is 508 g/mol. The number of thiazole rings is 1. The third-order valence-corrected chi connectivity index (χ3v) is 7.30. The summed E-state index contributed by atoms with van der Waals surface area (Å²) in [6.45, 7) is 0.918. The highest BCUT2D eigenvalue weighted by atomic mass is 35.5. The van der Waals surface area contributed by atoms with E-state index >= 15 is 0 Å². The molecule has 0 saturated heterocycles. The topological polar surface area (TPSA) is 56.5 Å². The van der Waals surface area contributed by atoms with Crippen LogP contribution in [-0.2, 0) is 11.3 Å². The molecule has 0 unspecified atom stereocenters. The van der Waals surface area contributed by atoms with Gasteiger partial charge in [0, 0.05) is 24.6 Å². The van der Waals surface area contributed by atoms with Gasteiger partial charge in [-0.3, -0.25) is 4.79 Å². The molecule has 2 heterocycles. The highest BCUT2D eigenvalue weighted by Crippen LogP contribution is 2.32. The monoisotopic (exact) mass is 507 g/mol. The third-order valence-electron chi connectivity index (χ3n) is 5.47. The minimum Gasteiger partial charge on any atom is -0.383 e. The number of hydrogen-bond acceptors (Lipinski definition) is 4. The van der Waals surface area contributed by atoms with E-state index in [1.807, 2.05) is 65.2 Å². The van der Waals surface area contributed by atoms with Crippen molar-refractivity contribution in [3.8, 4) is 11.3 Å². The van der Waals surface area contributed by atoms with Gasteiger partial charge >= 0.3 is 0 Å². The van der Waals surface area contributed by atoms with Gasteiger partial charge in [0.15, 0.2) is 4.80 Å². The van der Waals surface area contributed by atoms with Gasteiger partial charge in [0.05, 0.1) is 43.6 Å². The lowest BCUT2D eigenvalue weighted by atomic mass is 10.0. The molecular formula is C26H19Cl2N3O2S. The molecule has 170 valence electrons. The van der Waals surface area contributed by atoms with Gasteiger partial charge < -0.3 is 9.30 Å². The molecule has 0 saturated carbocycles. The van der Waals surface area contributed by atoms with E-state index in [1.54, 1.807) is 19.2 Å². The van der Waals surface area contributed by atoms with Crippen molar-refractivity contribution in [3.05, 3.63) is 93.2 Å². The molecule has 5 aromatic rings. The highest BCUT2D eigenvalue weighted by molar-refractivity contribution is 7.16. The summed E-state index contributed by atoms with van der Waals surface area (Å²) in [5.74, 6) is -0.351. The van der Waals surface area contributed by atoms with Gasteiger partial charge in [0.25, 0.3) is 5.91 Å². The number of hydrogen-bond donors (Lipinski definition) is 0. The van der Waals surface area contributed by atoms with E-state index < -0.39 is 0 Å². The lowest BCUT2D eigenvalue weighted by Crippen LogP contribution is -2.19. The van der Waals surface area contributed by atoms with Crippen molar-refractivity contribution in [2.24, 2.45) is 4.99 Å². The molecule has 2 aromatic heterocycles. The molecule has 1 amide bonds. The number of halogens is 2. The summed E-state index contributed by atoms with van der Waals surface area (Å²) in [5, 5.41) is 1.63. The summed E-state index contributed by atoms with van der Waals surface area (Å²) in [4.78, 5) is 23.4. The van der Waals surface area contributed by atoms with Crippen LogP contribution in [-0.4, -0.2) is 29.2 Å². The van der Waals surface area contributed by atoms with Crippen LogP contribution in [0, 0.1) is 0 Å². The zero-order chi connectivity index (χ0) is 23.7. The molecule has 0 atom stereocenters. The quantitative estimate of drug-likeness (QED) is 0.268. The second-order valence-electron chi connectivity index (χ2n) is 7.59. The molecule has 5 rings (SSSR count). The maximum atomic E-state index is 13.6. The SMILES string of the molecule is COCCn1c(=NC(=O)c2cc(-c3ccccc3)nc3ccccc23)sc2ccc(Cl)c(Cl)c21. The maximum Gasteiger partial charge on any atom is 0.280 e. The Hall–Kier alpha value is -3.03. The Morgan fingerprint density at radius 2 is 1.82 bits per heavy atom. The number of rotatable bonds is 5. The number of ether oxygens (including phenoxy) is 1. The third kappa shape index (κ3) is 4.26. The fourth-order valence-corrected chi connectivity index (χ4v) is 5.37. The van der Waals surface area contributed by atoms with Crippen LogP contribution in [0.1, 0.15) is 10.4 Å². The largest absolute Gasteiger partial charge is 0.383 e. The molecule has 34 heavy (non-hydrogen) atoms. The first-order chi connectivity index (χ1) is 16.6. The Morgan fingerprint density at radius 3 is 2.62 bits per heavy atom. The van der Waals surface area contributed by atoms with Gasteiger partial charge in [-0.05, 0) is 24.3 Å². The molecule has 3 aromatic carbocycles. The molecule has 0 aliphatic carbocycles. The summed E-state index contributed by atoms with van der Waals surface area (Å²) in [6.07, 6.45) is 0. The molecule has 5 nitrogen and oxygen atoms in total. The van der Waals surface area contributed by atoms with Crippen molar-refractivity contribution in [1.82, 2.24) is 9.55 Å². The molecule has 0 aliphatic rings. The van der Waals surface area contributed by atoms with E-state index in [-0.39, 0.29) is 5.91 Å². The molecule has 0 N–H and O–H groups in total. The van der Waals surface area contributed by atoms with E-state index in [0.717, 1.165) is 32.4 Å². The Kier molecular flexibility index (Phi) is 6.48. The zero-order valence-corrected chi connectivity index (χ0v) is 20.5. The summed E-state index contributed by atoms with van der Waals surface area (Å²) in [7, 11) is 1.62. The Labute approximate surface area is 209 Å². The number of carbonyl (C=O) groups is 1. The lowest BCUT2D eigenvalue weighted by Gasteiger charge is -2.08. The zero-order valence-electron chi connectivity index (χ0n) is 18.2. The summed E-state index contributed by atoms with van der Waals surface area (Å²) in [6, 6.07) is 22.8. The standard InChI is InChI=1S/C26H19Cl2N3O2S/c1-33-14-13-31-24-22(12-11-19(27)23(24)28)34-26(31)30-25(32)18-15-21(16-7-3-2-4-8-16)29-20-10-6-5-9-17(18)20/h2-12,15H,13-14H2,1H3. The van der Waals surface area contributed by atoms with Crippen LogP contribution in [0.15, 0.2) is 77.8 Å². The van der Waals surface area contributed by atoms with Crippen LogP contribution >= 0.6 is 34.5 Å². The minimum absolute atomic E-state index is 0.351. The van der Waals surface area contributed by atoms with Crippen LogP contribution in [0.4, 0.5) is 0 Å². The second-order valence-corrected chi connectivity index (χ2v) is 9.39. The first-order valence-corrected chi connectivity index (χ1v) is 12.1. The van der Waals surface area contributed by atoms with Crippen molar-refractivity contribution in [1.29, 1.82) is 0 Å². The van der Waals surface area contributed by atoms with Gasteiger partial charge in [0.2, 0.25) is 0 Å². The molecule has 0 radical (unpaired) electrons. The second kappa shape index (κ2) is 9.68. The van der Waals surface area contributed by atoms with Crippen molar-refractivity contribution in [2.75, 3.05) is 13.7 Å². The van der Waals surface area contributed by atoms with Gasteiger partial charge in [-0.15, -0.1) is 0 Å². The van der Waals surface area contributed by atoms with Crippen molar-refractivity contribution in [3.63, 3.8) is 0 Å². The number of amides is 1. The predicted octanol–water partition coefficient (Wildman–Crippen LogP) is 6.61. The average Bonchev–Trinajstić information content (AvgIpc) is 3.22. The van der Waals surface area contributed by atoms with E-state index in [9.17, 15) is 4.79 Å². The smallest absolute Gasteiger partial charge is 0.280 e. The van der Waals surface area contributed by atoms with Gasteiger partial charge in [-0.25, -0.2) is 4.98 Å². The number of para-hydroxylation sites is 1. The van der Waals surface area contributed by atoms with E-state index in [1.165, 1.54) is 11.3 Å².